The van der Waals surface area contributed by atoms with Crippen LogP contribution in [0.25, 0.3) is 0 Å². The molecule has 0 fully saturated rings. The number of hydrogen-bond acceptors (Lipinski definition) is 5. The Morgan fingerprint density at radius 2 is 1.52 bits per heavy atom. The number of carbonyl (C=O) groups excluding carboxylic acids is 2. The van der Waals surface area contributed by atoms with E-state index in [4.69, 9.17) is 0 Å². The van der Waals surface area contributed by atoms with Crippen LogP contribution in [0.2, 0.25) is 0 Å². The topological polar surface area (TPSA) is 59.1 Å². The van der Waals surface area contributed by atoms with E-state index >= 15 is 0 Å². The second kappa shape index (κ2) is 10.5. The molecule has 3 aromatic carbocycles. The normalized spacial score (nSPS) is 10.9. The van der Waals surface area contributed by atoms with Crippen molar-refractivity contribution in [1.29, 1.82) is 0 Å². The van der Waals surface area contributed by atoms with E-state index in [9.17, 15) is 18.4 Å². The van der Waals surface area contributed by atoms with E-state index in [0.717, 1.165) is 10.4 Å². The average molecular weight is 481 g/mol. The van der Waals surface area contributed by atoms with E-state index in [-0.39, 0.29) is 11.7 Å². The number of thioether (sulfide) groups is 1. The zero-order chi connectivity index (χ0) is 23.2. The highest BCUT2D eigenvalue weighted by Gasteiger charge is 2.13. The molecular weight excluding hydrogens is 462 g/mol. The second-order valence-corrected chi connectivity index (χ2v) is 9.24. The Balaban J connectivity index is 1.36. The van der Waals surface area contributed by atoms with Crippen LogP contribution in [0.3, 0.4) is 0 Å². The van der Waals surface area contributed by atoms with Crippen molar-refractivity contribution in [3.05, 3.63) is 112 Å². The third kappa shape index (κ3) is 6.12. The number of amides is 1. The van der Waals surface area contributed by atoms with Crippen LogP contribution in [0.4, 0.5) is 13.9 Å². The lowest BCUT2D eigenvalue weighted by atomic mass is 10.0. The molecule has 1 amide bonds. The third-order valence-corrected chi connectivity index (χ3v) is 6.38. The van der Waals surface area contributed by atoms with Crippen molar-refractivity contribution < 1.29 is 18.4 Å². The molecule has 0 atom stereocenters. The van der Waals surface area contributed by atoms with E-state index in [0.29, 0.717) is 44.9 Å². The molecule has 4 aromatic rings. The predicted octanol–water partition coefficient (Wildman–Crippen LogP) is 6.53. The van der Waals surface area contributed by atoms with E-state index in [1.165, 1.54) is 11.3 Å². The van der Waals surface area contributed by atoms with Gasteiger partial charge in [0, 0.05) is 39.1 Å². The molecule has 1 heterocycles. The maximum atomic E-state index is 12.6. The zero-order valence-electron chi connectivity index (χ0n) is 17.2. The summed E-state index contributed by atoms with van der Waals surface area (Å²) >= 11 is 1.86. The minimum Gasteiger partial charge on any atom is -0.298 e. The van der Waals surface area contributed by atoms with E-state index in [1.54, 1.807) is 79.0 Å². The molecule has 4 nitrogen and oxygen atoms in total. The first kappa shape index (κ1) is 22.8. The maximum absolute atomic E-state index is 12.6. The number of alkyl halides is 2. The van der Waals surface area contributed by atoms with Gasteiger partial charge in [-0.1, -0.05) is 66.4 Å². The number of anilines is 1. The molecule has 8 heteroatoms. The molecule has 0 radical (unpaired) electrons. The Kier molecular flexibility index (Phi) is 7.26. The van der Waals surface area contributed by atoms with Crippen molar-refractivity contribution in [2.45, 2.75) is 17.1 Å². The number of nitrogens with zero attached hydrogens (tertiary/aromatic N) is 1. The minimum atomic E-state index is -2.44. The summed E-state index contributed by atoms with van der Waals surface area (Å²) < 4.78 is 24.9. The molecule has 0 aliphatic rings. The van der Waals surface area contributed by atoms with E-state index in [1.807, 2.05) is 6.07 Å². The maximum Gasteiger partial charge on any atom is 0.288 e. The molecule has 0 aliphatic heterocycles. The first-order valence-corrected chi connectivity index (χ1v) is 11.7. The molecule has 0 bridgehead atoms. The summed E-state index contributed by atoms with van der Waals surface area (Å²) in [5, 5.41) is 3.23. The SMILES string of the molecule is O=C(Nc1ncc(Cc2ccc(SC(F)F)cc2)s1)c1ccc(C(=O)c2ccccc2)cc1. The highest BCUT2D eigenvalue weighted by atomic mass is 32.2. The fourth-order valence-corrected chi connectivity index (χ4v) is 4.48. The molecule has 33 heavy (non-hydrogen) atoms. The van der Waals surface area contributed by atoms with Crippen molar-refractivity contribution in [2.75, 3.05) is 5.32 Å². The first-order chi connectivity index (χ1) is 16.0. The minimum absolute atomic E-state index is 0.104. The fraction of sp³-hybridized carbons (Fsp3) is 0.0800. The molecule has 0 spiro atoms. The fourth-order valence-electron chi connectivity index (χ4n) is 3.14. The van der Waals surface area contributed by atoms with Crippen LogP contribution < -0.4 is 5.32 Å². The molecule has 0 aliphatic carbocycles. The summed E-state index contributed by atoms with van der Waals surface area (Å²) in [4.78, 5) is 30.8. The molecule has 0 saturated heterocycles. The van der Waals surface area contributed by atoms with Gasteiger partial charge in [0.25, 0.3) is 11.7 Å². The molecule has 0 unspecified atom stereocenters. The van der Waals surface area contributed by atoms with E-state index in [2.05, 4.69) is 10.3 Å². The number of carbonyl (C=O) groups is 2. The van der Waals surface area contributed by atoms with Gasteiger partial charge in [0.1, 0.15) is 0 Å². The number of halogens is 2. The van der Waals surface area contributed by atoms with Crippen molar-refractivity contribution >= 4 is 39.9 Å². The number of hydrogen-bond donors (Lipinski definition) is 1. The summed E-state index contributed by atoms with van der Waals surface area (Å²) in [6, 6.07) is 22.4. The number of rotatable bonds is 8. The van der Waals surface area contributed by atoms with Gasteiger partial charge >= 0.3 is 0 Å². The van der Waals surface area contributed by atoms with Crippen molar-refractivity contribution in [2.24, 2.45) is 0 Å². The van der Waals surface area contributed by atoms with Crippen molar-refractivity contribution in [1.82, 2.24) is 4.98 Å². The lowest BCUT2D eigenvalue weighted by Crippen LogP contribution is -2.12. The van der Waals surface area contributed by atoms with Gasteiger partial charge in [0.2, 0.25) is 0 Å². The Labute approximate surface area is 197 Å². The standard InChI is InChI=1S/C25H18F2N2O2S2/c26-24(27)32-20-12-6-16(7-13-20)14-21-15-28-25(33-21)29-23(31)19-10-8-18(9-11-19)22(30)17-4-2-1-3-5-17/h1-13,15,24H,14H2,(H,28,29,31). The smallest absolute Gasteiger partial charge is 0.288 e. The van der Waals surface area contributed by atoms with Crippen LogP contribution in [0.1, 0.15) is 36.7 Å². The predicted molar refractivity (Wildman–Crippen MR) is 127 cm³/mol. The van der Waals surface area contributed by atoms with Crippen LogP contribution in [0.15, 0.2) is 90.0 Å². The zero-order valence-corrected chi connectivity index (χ0v) is 18.8. The number of ketones is 1. The number of thiazole rings is 1. The summed E-state index contributed by atoms with van der Waals surface area (Å²) in [6.07, 6.45) is 2.27. The van der Waals surface area contributed by atoms with Gasteiger partial charge in [-0.15, -0.1) is 11.3 Å². The number of aromatic nitrogens is 1. The van der Waals surface area contributed by atoms with Gasteiger partial charge in [-0.05, 0) is 29.8 Å². The monoisotopic (exact) mass is 480 g/mol. The molecular formula is C25H18F2N2O2S2. The quantitative estimate of drug-likeness (QED) is 0.230. The Bertz CT molecular complexity index is 1240. The van der Waals surface area contributed by atoms with Gasteiger partial charge in [-0.2, -0.15) is 8.78 Å². The lowest BCUT2D eigenvalue weighted by molar-refractivity contribution is 0.102. The summed E-state index contributed by atoms with van der Waals surface area (Å²) in [5.74, 6) is -2.86. The first-order valence-electron chi connectivity index (χ1n) is 9.97. The number of nitrogens with one attached hydrogen (secondary N) is 1. The van der Waals surface area contributed by atoms with Gasteiger partial charge in [-0.25, -0.2) is 4.98 Å². The van der Waals surface area contributed by atoms with Crippen LogP contribution in [0.5, 0.6) is 0 Å². The van der Waals surface area contributed by atoms with Crippen LogP contribution in [-0.2, 0) is 6.42 Å². The van der Waals surface area contributed by atoms with Gasteiger partial charge in [-0.3, -0.25) is 14.9 Å². The summed E-state index contributed by atoms with van der Waals surface area (Å²) in [6.45, 7) is 0. The molecule has 166 valence electrons. The van der Waals surface area contributed by atoms with Crippen LogP contribution in [0, 0.1) is 0 Å². The highest BCUT2D eigenvalue weighted by molar-refractivity contribution is 7.99. The van der Waals surface area contributed by atoms with Crippen LogP contribution >= 0.6 is 23.1 Å². The largest absolute Gasteiger partial charge is 0.298 e. The highest BCUT2D eigenvalue weighted by Crippen LogP contribution is 2.27. The van der Waals surface area contributed by atoms with Gasteiger partial charge < -0.3 is 0 Å². The number of benzene rings is 3. The molecule has 4 rings (SSSR count). The Morgan fingerprint density at radius 1 is 0.879 bits per heavy atom. The lowest BCUT2D eigenvalue weighted by Gasteiger charge is -2.04. The summed E-state index contributed by atoms with van der Waals surface area (Å²) in [5.41, 5.74) is 2.48. The van der Waals surface area contributed by atoms with Crippen molar-refractivity contribution in [3.8, 4) is 0 Å². The Morgan fingerprint density at radius 3 is 2.18 bits per heavy atom. The second-order valence-electron chi connectivity index (χ2n) is 7.06. The van der Waals surface area contributed by atoms with Crippen LogP contribution in [-0.4, -0.2) is 22.4 Å². The average Bonchev–Trinajstić information content (AvgIpc) is 3.26. The molecule has 1 aromatic heterocycles. The molecule has 0 saturated carbocycles. The summed E-state index contributed by atoms with van der Waals surface area (Å²) in [7, 11) is 0. The van der Waals surface area contributed by atoms with Gasteiger partial charge in [0.05, 0.1) is 0 Å². The molecule has 1 N–H and O–H groups in total. The van der Waals surface area contributed by atoms with E-state index < -0.39 is 5.76 Å². The Hall–Kier alpha value is -3.36. The third-order valence-electron chi connectivity index (χ3n) is 4.75. The van der Waals surface area contributed by atoms with Gasteiger partial charge in [0.15, 0.2) is 10.9 Å². The van der Waals surface area contributed by atoms with Crippen molar-refractivity contribution in [3.63, 3.8) is 0 Å².